The highest BCUT2D eigenvalue weighted by atomic mass is 35.5. The fraction of sp³-hybridized carbons (Fsp3) is 0.538. The number of halogens is 1. The molecule has 0 amide bonds. The lowest BCUT2D eigenvalue weighted by molar-refractivity contribution is 0.538. The molecule has 1 atom stereocenters. The van der Waals surface area contributed by atoms with Gasteiger partial charge in [-0.1, -0.05) is 18.5 Å². The molecule has 1 N–H and O–H groups in total. The molecule has 2 rings (SSSR count). The molecule has 88 valence electrons. The Morgan fingerprint density at radius 1 is 1.38 bits per heavy atom. The summed E-state index contributed by atoms with van der Waals surface area (Å²) in [5.74, 6) is 1.15. The van der Waals surface area contributed by atoms with Gasteiger partial charge in [-0.25, -0.2) is 0 Å². The molecule has 0 bridgehead atoms. The summed E-state index contributed by atoms with van der Waals surface area (Å²) >= 11 is 7.77. The van der Waals surface area contributed by atoms with E-state index < -0.39 is 0 Å². The second kappa shape index (κ2) is 5.95. The Morgan fingerprint density at radius 3 is 2.62 bits per heavy atom. The van der Waals surface area contributed by atoms with E-state index in [1.807, 2.05) is 23.9 Å². The summed E-state index contributed by atoms with van der Waals surface area (Å²) in [4.78, 5) is 1.31. The summed E-state index contributed by atoms with van der Waals surface area (Å²) in [5.41, 5.74) is 0. The highest BCUT2D eigenvalue weighted by molar-refractivity contribution is 7.99. The van der Waals surface area contributed by atoms with Gasteiger partial charge in [0.25, 0.3) is 0 Å². The normalized spacial score (nSPS) is 17.4. The van der Waals surface area contributed by atoms with Crippen molar-refractivity contribution in [3.8, 4) is 0 Å². The largest absolute Gasteiger partial charge is 0.310 e. The number of thioether (sulfide) groups is 1. The number of hydrogen-bond donors (Lipinski definition) is 1. The number of nitrogens with one attached hydrogen (secondary N) is 1. The van der Waals surface area contributed by atoms with Crippen LogP contribution in [0.4, 0.5) is 0 Å². The Bertz CT molecular complexity index is 321. The van der Waals surface area contributed by atoms with E-state index >= 15 is 0 Å². The molecular weight excluding hydrogens is 238 g/mol. The predicted molar refractivity (Wildman–Crippen MR) is 72.4 cm³/mol. The smallest absolute Gasteiger partial charge is 0.0406 e. The number of rotatable bonds is 6. The van der Waals surface area contributed by atoms with E-state index in [0.29, 0.717) is 6.04 Å². The Balaban J connectivity index is 1.77. The first-order valence-corrected chi connectivity index (χ1v) is 7.28. The van der Waals surface area contributed by atoms with E-state index in [1.165, 1.54) is 24.2 Å². The lowest BCUT2D eigenvalue weighted by Crippen LogP contribution is -2.32. The molecule has 16 heavy (non-hydrogen) atoms. The number of hydrogen-bond acceptors (Lipinski definition) is 2. The Hall–Kier alpha value is -0.180. The molecule has 0 spiro atoms. The minimum absolute atomic E-state index is 0.646. The van der Waals surface area contributed by atoms with E-state index in [4.69, 9.17) is 11.6 Å². The maximum Gasteiger partial charge on any atom is 0.0406 e. The third-order valence-electron chi connectivity index (χ3n) is 2.81. The van der Waals surface area contributed by atoms with Gasteiger partial charge in [-0.2, -0.15) is 0 Å². The van der Waals surface area contributed by atoms with Crippen molar-refractivity contribution in [3.05, 3.63) is 29.3 Å². The van der Waals surface area contributed by atoms with E-state index in [1.54, 1.807) is 0 Å². The third-order valence-corrected chi connectivity index (χ3v) is 4.23. The molecule has 1 aliphatic carbocycles. The van der Waals surface area contributed by atoms with Crippen molar-refractivity contribution < 1.29 is 0 Å². The first-order valence-electron chi connectivity index (χ1n) is 5.92. The van der Waals surface area contributed by atoms with Gasteiger partial charge < -0.3 is 5.32 Å². The molecule has 0 aromatic heterocycles. The van der Waals surface area contributed by atoms with Crippen molar-refractivity contribution >= 4 is 23.4 Å². The van der Waals surface area contributed by atoms with Gasteiger partial charge >= 0.3 is 0 Å². The highest BCUT2D eigenvalue weighted by Crippen LogP contribution is 2.24. The molecule has 1 aromatic carbocycles. The first kappa shape index (κ1) is 12.3. The van der Waals surface area contributed by atoms with Gasteiger partial charge in [0, 0.05) is 27.8 Å². The van der Waals surface area contributed by atoms with E-state index in [0.717, 1.165) is 16.8 Å². The van der Waals surface area contributed by atoms with E-state index in [-0.39, 0.29) is 0 Å². The van der Waals surface area contributed by atoms with Crippen molar-refractivity contribution in [2.24, 2.45) is 0 Å². The Morgan fingerprint density at radius 2 is 2.06 bits per heavy atom. The topological polar surface area (TPSA) is 12.0 Å². The summed E-state index contributed by atoms with van der Waals surface area (Å²) in [6.45, 7) is 2.25. The monoisotopic (exact) mass is 255 g/mol. The summed E-state index contributed by atoms with van der Waals surface area (Å²) in [5, 5.41) is 4.49. The Labute approximate surface area is 107 Å². The SMILES string of the molecule is CCC(CSc1ccc(Cl)cc1)NC1CC1. The second-order valence-electron chi connectivity index (χ2n) is 4.31. The maximum absolute atomic E-state index is 5.86. The molecular formula is C13H18ClNS. The molecule has 1 aliphatic rings. The van der Waals surface area contributed by atoms with Crippen LogP contribution in [-0.2, 0) is 0 Å². The van der Waals surface area contributed by atoms with Crippen molar-refractivity contribution in [3.63, 3.8) is 0 Å². The van der Waals surface area contributed by atoms with Gasteiger partial charge in [0.15, 0.2) is 0 Å². The minimum Gasteiger partial charge on any atom is -0.310 e. The predicted octanol–water partition coefficient (Wildman–Crippen LogP) is 3.96. The van der Waals surface area contributed by atoms with Crippen LogP contribution in [0.5, 0.6) is 0 Å². The number of benzene rings is 1. The van der Waals surface area contributed by atoms with Crippen LogP contribution in [0.1, 0.15) is 26.2 Å². The summed E-state index contributed by atoms with van der Waals surface area (Å²) in [6, 6.07) is 9.55. The van der Waals surface area contributed by atoms with Crippen molar-refractivity contribution in [2.45, 2.75) is 43.2 Å². The van der Waals surface area contributed by atoms with Gasteiger partial charge in [0.2, 0.25) is 0 Å². The zero-order valence-corrected chi connectivity index (χ0v) is 11.2. The van der Waals surface area contributed by atoms with Crippen LogP contribution in [0.15, 0.2) is 29.2 Å². The van der Waals surface area contributed by atoms with Crippen molar-refractivity contribution in [2.75, 3.05) is 5.75 Å². The molecule has 0 aliphatic heterocycles. The summed E-state index contributed by atoms with van der Waals surface area (Å²) in [7, 11) is 0. The van der Waals surface area contributed by atoms with E-state index in [9.17, 15) is 0 Å². The molecule has 1 unspecified atom stereocenters. The van der Waals surface area contributed by atoms with E-state index in [2.05, 4.69) is 24.4 Å². The fourth-order valence-electron chi connectivity index (χ4n) is 1.59. The molecule has 1 saturated carbocycles. The van der Waals surface area contributed by atoms with Crippen LogP contribution in [0.3, 0.4) is 0 Å². The van der Waals surface area contributed by atoms with Crippen LogP contribution >= 0.6 is 23.4 Å². The molecule has 1 aromatic rings. The van der Waals surface area contributed by atoms with Gasteiger partial charge in [0.05, 0.1) is 0 Å². The van der Waals surface area contributed by atoms with Crippen LogP contribution in [0.25, 0.3) is 0 Å². The average Bonchev–Trinajstić information content (AvgIpc) is 3.10. The third kappa shape index (κ3) is 4.00. The van der Waals surface area contributed by atoms with Crippen LogP contribution in [0.2, 0.25) is 5.02 Å². The van der Waals surface area contributed by atoms with Gasteiger partial charge in [-0.05, 0) is 43.5 Å². The highest BCUT2D eigenvalue weighted by Gasteiger charge is 2.23. The van der Waals surface area contributed by atoms with Crippen LogP contribution < -0.4 is 5.32 Å². The molecule has 1 fully saturated rings. The van der Waals surface area contributed by atoms with Gasteiger partial charge in [-0.15, -0.1) is 11.8 Å². The summed E-state index contributed by atoms with van der Waals surface area (Å²) in [6.07, 6.45) is 3.93. The lowest BCUT2D eigenvalue weighted by atomic mass is 10.2. The Kier molecular flexibility index (Phi) is 4.56. The average molecular weight is 256 g/mol. The molecule has 0 saturated heterocycles. The van der Waals surface area contributed by atoms with Gasteiger partial charge in [0.1, 0.15) is 0 Å². The molecule has 1 nitrogen and oxygen atoms in total. The quantitative estimate of drug-likeness (QED) is 0.773. The fourth-order valence-corrected chi connectivity index (χ4v) is 2.77. The molecule has 3 heteroatoms. The minimum atomic E-state index is 0.646. The van der Waals surface area contributed by atoms with Crippen molar-refractivity contribution in [1.29, 1.82) is 0 Å². The summed E-state index contributed by atoms with van der Waals surface area (Å²) < 4.78 is 0. The van der Waals surface area contributed by atoms with Crippen molar-refractivity contribution in [1.82, 2.24) is 5.32 Å². The zero-order valence-electron chi connectivity index (χ0n) is 9.58. The maximum atomic E-state index is 5.86. The second-order valence-corrected chi connectivity index (χ2v) is 5.84. The first-order chi connectivity index (χ1) is 7.78. The van der Waals surface area contributed by atoms with Crippen LogP contribution in [0, 0.1) is 0 Å². The van der Waals surface area contributed by atoms with Gasteiger partial charge in [-0.3, -0.25) is 0 Å². The molecule has 0 heterocycles. The molecule has 0 radical (unpaired) electrons. The van der Waals surface area contributed by atoms with Crippen LogP contribution in [-0.4, -0.2) is 17.8 Å². The standard InChI is InChI=1S/C13H18ClNS/c1-2-11(15-12-5-6-12)9-16-13-7-3-10(14)4-8-13/h3-4,7-8,11-12,15H,2,5-6,9H2,1H3. The zero-order chi connectivity index (χ0) is 11.4. The lowest BCUT2D eigenvalue weighted by Gasteiger charge is -2.15.